The summed E-state index contributed by atoms with van der Waals surface area (Å²) >= 11 is 0. The third-order valence-electron chi connectivity index (χ3n) is 3.26. The van der Waals surface area contributed by atoms with Gasteiger partial charge in [0, 0.05) is 18.8 Å². The van der Waals surface area contributed by atoms with Gasteiger partial charge in [0.1, 0.15) is 0 Å². The van der Waals surface area contributed by atoms with Crippen molar-refractivity contribution in [2.45, 2.75) is 40.3 Å². The molecule has 1 aromatic carbocycles. The Labute approximate surface area is 119 Å². The molecule has 0 atom stereocenters. The standard InChI is InChI=1S/C16H21N3O/c1-11(2)19-10-15(13(4)18-19)16(20)17-9-14-7-5-12(3)6-8-14/h5-8,10-11H,9H2,1-4H3,(H,17,20). The first-order valence-corrected chi connectivity index (χ1v) is 6.87. The maximum absolute atomic E-state index is 12.2. The van der Waals surface area contributed by atoms with Gasteiger partial charge >= 0.3 is 0 Å². The summed E-state index contributed by atoms with van der Waals surface area (Å²) in [6.07, 6.45) is 1.81. The summed E-state index contributed by atoms with van der Waals surface area (Å²) in [7, 11) is 0. The number of rotatable bonds is 4. The molecule has 1 heterocycles. The largest absolute Gasteiger partial charge is 0.348 e. The Kier molecular flexibility index (Phi) is 4.23. The van der Waals surface area contributed by atoms with Crippen molar-refractivity contribution >= 4 is 5.91 Å². The van der Waals surface area contributed by atoms with E-state index in [0.717, 1.165) is 11.3 Å². The Morgan fingerprint density at radius 2 is 1.90 bits per heavy atom. The zero-order chi connectivity index (χ0) is 14.7. The highest BCUT2D eigenvalue weighted by Gasteiger charge is 2.14. The van der Waals surface area contributed by atoms with Crippen molar-refractivity contribution in [1.29, 1.82) is 0 Å². The van der Waals surface area contributed by atoms with E-state index in [1.54, 1.807) is 0 Å². The van der Waals surface area contributed by atoms with Crippen LogP contribution >= 0.6 is 0 Å². The summed E-state index contributed by atoms with van der Waals surface area (Å²) in [5.41, 5.74) is 3.72. The van der Waals surface area contributed by atoms with Crippen LogP contribution in [-0.4, -0.2) is 15.7 Å². The monoisotopic (exact) mass is 271 g/mol. The minimum absolute atomic E-state index is 0.0741. The molecular weight excluding hydrogens is 250 g/mol. The highest BCUT2D eigenvalue weighted by atomic mass is 16.1. The molecule has 0 fully saturated rings. The number of carbonyl (C=O) groups is 1. The van der Waals surface area contributed by atoms with Crippen LogP contribution in [0.3, 0.4) is 0 Å². The second-order valence-electron chi connectivity index (χ2n) is 5.37. The highest BCUT2D eigenvalue weighted by molar-refractivity contribution is 5.94. The van der Waals surface area contributed by atoms with Gasteiger partial charge in [-0.25, -0.2) is 0 Å². The van der Waals surface area contributed by atoms with Crippen LogP contribution in [0.5, 0.6) is 0 Å². The van der Waals surface area contributed by atoms with Gasteiger partial charge in [-0.1, -0.05) is 29.8 Å². The lowest BCUT2D eigenvalue weighted by atomic mass is 10.1. The number of benzene rings is 1. The molecule has 0 saturated carbocycles. The molecule has 0 bridgehead atoms. The van der Waals surface area contributed by atoms with E-state index in [0.29, 0.717) is 12.1 Å². The third kappa shape index (κ3) is 3.26. The van der Waals surface area contributed by atoms with Crippen LogP contribution in [-0.2, 0) is 6.54 Å². The summed E-state index contributed by atoms with van der Waals surface area (Å²) in [6.45, 7) is 8.53. The van der Waals surface area contributed by atoms with Crippen LogP contribution in [0, 0.1) is 13.8 Å². The topological polar surface area (TPSA) is 46.9 Å². The molecule has 106 valence electrons. The number of hydrogen-bond acceptors (Lipinski definition) is 2. The Morgan fingerprint density at radius 1 is 1.25 bits per heavy atom. The first-order chi connectivity index (χ1) is 9.47. The minimum Gasteiger partial charge on any atom is -0.348 e. The van der Waals surface area contributed by atoms with Crippen LogP contribution in [0.2, 0.25) is 0 Å². The summed E-state index contributed by atoms with van der Waals surface area (Å²) < 4.78 is 1.82. The second-order valence-corrected chi connectivity index (χ2v) is 5.37. The Balaban J connectivity index is 2.03. The molecule has 20 heavy (non-hydrogen) atoms. The minimum atomic E-state index is -0.0741. The molecule has 0 spiro atoms. The fourth-order valence-electron chi connectivity index (χ4n) is 1.95. The molecule has 2 aromatic rings. The van der Waals surface area contributed by atoms with E-state index < -0.39 is 0 Å². The predicted octanol–water partition coefficient (Wildman–Crippen LogP) is 3.01. The first-order valence-electron chi connectivity index (χ1n) is 6.87. The van der Waals surface area contributed by atoms with E-state index in [1.807, 2.05) is 62.8 Å². The van der Waals surface area contributed by atoms with Crippen molar-refractivity contribution in [3.05, 3.63) is 52.8 Å². The van der Waals surface area contributed by atoms with Gasteiger partial charge in [-0.3, -0.25) is 9.48 Å². The second kappa shape index (κ2) is 5.90. The van der Waals surface area contributed by atoms with Crippen LogP contribution < -0.4 is 5.32 Å². The number of nitrogens with one attached hydrogen (secondary N) is 1. The lowest BCUT2D eigenvalue weighted by Gasteiger charge is -2.05. The molecule has 1 amide bonds. The van der Waals surface area contributed by atoms with Crippen LogP contribution in [0.4, 0.5) is 0 Å². The van der Waals surface area contributed by atoms with E-state index in [-0.39, 0.29) is 11.9 Å². The van der Waals surface area contributed by atoms with Crippen molar-refractivity contribution in [2.75, 3.05) is 0 Å². The molecule has 0 aliphatic rings. The molecule has 1 aromatic heterocycles. The molecule has 0 unspecified atom stereocenters. The zero-order valence-electron chi connectivity index (χ0n) is 12.5. The van der Waals surface area contributed by atoms with E-state index in [4.69, 9.17) is 0 Å². The van der Waals surface area contributed by atoms with Gasteiger partial charge in [-0.05, 0) is 33.3 Å². The van der Waals surface area contributed by atoms with Crippen LogP contribution in [0.15, 0.2) is 30.5 Å². The SMILES string of the molecule is Cc1ccc(CNC(=O)c2cn(C(C)C)nc2C)cc1. The Bertz CT molecular complexity index is 597. The lowest BCUT2D eigenvalue weighted by Crippen LogP contribution is -2.23. The number of hydrogen-bond donors (Lipinski definition) is 1. The number of aromatic nitrogens is 2. The number of aryl methyl sites for hydroxylation is 2. The van der Waals surface area contributed by atoms with E-state index in [9.17, 15) is 4.79 Å². The summed E-state index contributed by atoms with van der Waals surface area (Å²) in [6, 6.07) is 8.40. The Morgan fingerprint density at radius 3 is 2.45 bits per heavy atom. The first kappa shape index (κ1) is 14.3. The van der Waals surface area contributed by atoms with Crippen LogP contribution in [0.25, 0.3) is 0 Å². The van der Waals surface area contributed by atoms with Gasteiger partial charge in [0.15, 0.2) is 0 Å². The molecule has 4 nitrogen and oxygen atoms in total. The molecule has 0 aliphatic carbocycles. The highest BCUT2D eigenvalue weighted by Crippen LogP contribution is 2.11. The number of nitrogens with zero attached hydrogens (tertiary/aromatic N) is 2. The van der Waals surface area contributed by atoms with Gasteiger partial charge in [-0.2, -0.15) is 5.10 Å². The molecule has 0 aliphatic heterocycles. The van der Waals surface area contributed by atoms with Crippen molar-refractivity contribution in [1.82, 2.24) is 15.1 Å². The number of carbonyl (C=O) groups excluding carboxylic acids is 1. The molecule has 0 radical (unpaired) electrons. The van der Waals surface area contributed by atoms with Gasteiger partial charge in [0.05, 0.1) is 11.3 Å². The van der Waals surface area contributed by atoms with Gasteiger partial charge in [0.2, 0.25) is 0 Å². The normalized spacial score (nSPS) is 10.8. The van der Waals surface area contributed by atoms with E-state index in [2.05, 4.69) is 10.4 Å². The summed E-state index contributed by atoms with van der Waals surface area (Å²) in [5, 5.41) is 7.29. The van der Waals surface area contributed by atoms with Crippen molar-refractivity contribution in [2.24, 2.45) is 0 Å². The van der Waals surface area contributed by atoms with Crippen molar-refractivity contribution in [3.63, 3.8) is 0 Å². The van der Waals surface area contributed by atoms with Gasteiger partial charge in [0.25, 0.3) is 5.91 Å². The van der Waals surface area contributed by atoms with Crippen molar-refractivity contribution < 1.29 is 4.79 Å². The maximum Gasteiger partial charge on any atom is 0.255 e. The summed E-state index contributed by atoms with van der Waals surface area (Å²) in [4.78, 5) is 12.2. The van der Waals surface area contributed by atoms with Gasteiger partial charge < -0.3 is 5.32 Å². The zero-order valence-corrected chi connectivity index (χ0v) is 12.5. The predicted molar refractivity (Wildman–Crippen MR) is 79.7 cm³/mol. The molecule has 4 heteroatoms. The van der Waals surface area contributed by atoms with Crippen LogP contribution in [0.1, 0.15) is 47.1 Å². The quantitative estimate of drug-likeness (QED) is 0.929. The number of amides is 1. The fraction of sp³-hybridized carbons (Fsp3) is 0.375. The van der Waals surface area contributed by atoms with E-state index >= 15 is 0 Å². The average molecular weight is 271 g/mol. The van der Waals surface area contributed by atoms with Crippen molar-refractivity contribution in [3.8, 4) is 0 Å². The Hall–Kier alpha value is -2.10. The smallest absolute Gasteiger partial charge is 0.255 e. The average Bonchev–Trinajstić information content (AvgIpc) is 2.80. The third-order valence-corrected chi connectivity index (χ3v) is 3.26. The molecular formula is C16H21N3O. The van der Waals surface area contributed by atoms with E-state index in [1.165, 1.54) is 5.56 Å². The molecule has 2 rings (SSSR count). The van der Waals surface area contributed by atoms with Gasteiger partial charge in [-0.15, -0.1) is 0 Å². The summed E-state index contributed by atoms with van der Waals surface area (Å²) in [5.74, 6) is -0.0741. The fourth-order valence-corrected chi connectivity index (χ4v) is 1.95. The molecule has 0 saturated heterocycles. The maximum atomic E-state index is 12.2. The lowest BCUT2D eigenvalue weighted by molar-refractivity contribution is 0.0950. The molecule has 1 N–H and O–H groups in total.